The molecule has 2 amide bonds. The van der Waals surface area contributed by atoms with Gasteiger partial charge < -0.3 is 11.1 Å². The van der Waals surface area contributed by atoms with Crippen molar-refractivity contribution >= 4 is 28.7 Å². The van der Waals surface area contributed by atoms with Crippen LogP contribution in [0.15, 0.2) is 48.7 Å². The summed E-state index contributed by atoms with van der Waals surface area (Å²) in [5.41, 5.74) is 7.79. The van der Waals surface area contributed by atoms with Crippen molar-refractivity contribution in [3.63, 3.8) is 0 Å². The maximum atomic E-state index is 12.7. The van der Waals surface area contributed by atoms with Gasteiger partial charge in [0, 0.05) is 24.5 Å². The van der Waals surface area contributed by atoms with Crippen molar-refractivity contribution in [2.75, 3.05) is 20.1 Å². The second kappa shape index (κ2) is 9.61. The number of quaternary nitrogens is 1. The fraction of sp³-hybridized carbons (Fsp3) is 0.333. The maximum absolute atomic E-state index is 12.7. The number of nitrogens with two attached hydrogens (primary N) is 1. The van der Waals surface area contributed by atoms with Crippen LogP contribution in [-0.4, -0.2) is 58.5 Å². The molecule has 1 aromatic heterocycles. The van der Waals surface area contributed by atoms with Gasteiger partial charge in [-0.1, -0.05) is 24.3 Å². The number of alkyl halides is 3. The van der Waals surface area contributed by atoms with E-state index in [1.807, 2.05) is 30.3 Å². The minimum atomic E-state index is -5.09. The van der Waals surface area contributed by atoms with Crippen LogP contribution >= 0.6 is 0 Å². The predicted octanol–water partition coefficient (Wildman–Crippen LogP) is 2.62. The lowest BCUT2D eigenvalue weighted by molar-refractivity contribution is -1.08. The first-order valence-corrected chi connectivity index (χ1v) is 11.3. The Hall–Kier alpha value is -3.93. The molecule has 0 radical (unpaired) electrons. The number of benzene rings is 2. The lowest BCUT2D eigenvalue weighted by atomic mass is 9.97. The summed E-state index contributed by atoms with van der Waals surface area (Å²) in [5.74, 6) is -3.72. The van der Waals surface area contributed by atoms with Crippen LogP contribution in [0, 0.1) is 5.92 Å². The van der Waals surface area contributed by atoms with Crippen LogP contribution in [-0.2, 0) is 21.0 Å². The highest BCUT2D eigenvalue weighted by atomic mass is 19.4. The number of halogens is 3. The number of hydroxylamine groups is 3. The average molecular weight is 504 g/mol. The first kappa shape index (κ1) is 25.2. The highest BCUT2D eigenvalue weighted by Crippen LogP contribution is 2.26. The van der Waals surface area contributed by atoms with Crippen molar-refractivity contribution in [2.45, 2.75) is 25.6 Å². The number of carbonyl (C=O) groups excluding carboxylic acids is 3. The number of hydrogen-bond donors (Lipinski definition) is 2. The first-order chi connectivity index (χ1) is 16.9. The summed E-state index contributed by atoms with van der Waals surface area (Å²) in [5, 5.41) is 8.03. The third kappa shape index (κ3) is 5.48. The highest BCUT2D eigenvalue weighted by molar-refractivity contribution is 6.04. The number of hydrogen-bond acceptors (Lipinski definition) is 5. The van der Waals surface area contributed by atoms with Crippen LogP contribution in [0.3, 0.4) is 0 Å². The number of carbonyl (C=O) groups is 3. The third-order valence-electron chi connectivity index (χ3n) is 6.17. The Labute approximate surface area is 204 Å². The van der Waals surface area contributed by atoms with E-state index in [1.54, 1.807) is 23.0 Å². The van der Waals surface area contributed by atoms with E-state index in [4.69, 9.17) is 5.73 Å². The van der Waals surface area contributed by atoms with Crippen molar-refractivity contribution in [1.29, 1.82) is 0 Å². The minimum absolute atomic E-state index is 0.0350. The molecule has 3 aromatic rings. The van der Waals surface area contributed by atoms with Crippen molar-refractivity contribution in [2.24, 2.45) is 11.7 Å². The van der Waals surface area contributed by atoms with Crippen molar-refractivity contribution in [3.05, 3.63) is 59.8 Å². The van der Waals surface area contributed by atoms with E-state index in [9.17, 15) is 27.6 Å². The predicted molar refractivity (Wildman–Crippen MR) is 122 cm³/mol. The lowest BCUT2D eigenvalue weighted by Crippen LogP contribution is -2.56. The number of primary amides is 1. The fourth-order valence-electron chi connectivity index (χ4n) is 4.35. The van der Waals surface area contributed by atoms with Gasteiger partial charge in [0.1, 0.15) is 25.7 Å². The second-order valence-corrected chi connectivity index (χ2v) is 8.98. The Morgan fingerprint density at radius 3 is 2.58 bits per heavy atom. The molecule has 3 N–H and O–H groups in total. The van der Waals surface area contributed by atoms with E-state index >= 15 is 0 Å². The molecule has 1 saturated heterocycles. The van der Waals surface area contributed by atoms with E-state index in [1.165, 1.54) is 7.05 Å². The topological polar surface area (TPSA) is 116 Å². The number of nitrogens with zero attached hydrogens (tertiary/aromatic N) is 3. The molecular formula is C24H25F3N5O4+. The van der Waals surface area contributed by atoms with Crippen LogP contribution < -0.4 is 11.1 Å². The first-order valence-electron chi connectivity index (χ1n) is 11.3. The van der Waals surface area contributed by atoms with Crippen molar-refractivity contribution in [3.8, 4) is 5.69 Å². The molecule has 1 aliphatic rings. The molecule has 2 atom stereocenters. The molecule has 12 heteroatoms. The summed E-state index contributed by atoms with van der Waals surface area (Å²) < 4.78 is 38.8. The number of piperidine rings is 1. The normalized spacial score (nSPS) is 20.2. The zero-order chi connectivity index (χ0) is 26.1. The molecule has 1 aliphatic heterocycles. The van der Waals surface area contributed by atoms with Gasteiger partial charge in [-0.05, 0) is 30.2 Å². The standard InChI is InChI=1S/C24H24F3N5O4/c1-32(36-23(35)24(25,26)27)11-3-5-17(14-32)22(34)29-12-15-7-9-18(10-8-15)31-13-16-4-2-6-19(21(28)33)20(16)30-31/h2,4,6-10,13,17H,3,5,11-12,14H2,1H3,(H2-,28,29,33,34)/p+1. The largest absolute Gasteiger partial charge is 0.497 e. The Balaban J connectivity index is 1.37. The monoisotopic (exact) mass is 504 g/mol. The Morgan fingerprint density at radius 2 is 1.92 bits per heavy atom. The molecule has 2 aromatic carbocycles. The number of likely N-dealkylation sites (tertiary alicyclic amines) is 1. The van der Waals surface area contributed by atoms with Gasteiger partial charge in [0.25, 0.3) is 5.91 Å². The summed E-state index contributed by atoms with van der Waals surface area (Å²) >= 11 is 0. The van der Waals surface area contributed by atoms with E-state index in [2.05, 4.69) is 15.3 Å². The average Bonchev–Trinajstić information content (AvgIpc) is 3.26. The molecule has 2 unspecified atom stereocenters. The lowest BCUT2D eigenvalue weighted by Gasteiger charge is -2.37. The number of fused-ring (bicyclic) bond motifs is 1. The van der Waals surface area contributed by atoms with Gasteiger partial charge in [0.15, 0.2) is 0 Å². The summed E-state index contributed by atoms with van der Waals surface area (Å²) in [6.45, 7) is 0.387. The molecule has 0 bridgehead atoms. The molecule has 2 heterocycles. The van der Waals surface area contributed by atoms with Gasteiger partial charge in [0.05, 0.1) is 17.2 Å². The fourth-order valence-corrected chi connectivity index (χ4v) is 4.35. The number of nitrogens with one attached hydrogen (secondary N) is 1. The van der Waals surface area contributed by atoms with Crippen molar-refractivity contribution in [1.82, 2.24) is 15.1 Å². The highest BCUT2D eigenvalue weighted by Gasteiger charge is 2.48. The molecule has 4 rings (SSSR count). The van der Waals surface area contributed by atoms with Gasteiger partial charge >= 0.3 is 12.1 Å². The quantitative estimate of drug-likeness (QED) is 0.501. The molecule has 36 heavy (non-hydrogen) atoms. The SMILES string of the molecule is C[N+]1(OC(=O)C(F)(F)F)CCCC(C(=O)NCc2ccc(-n3cc4cccc(C(N)=O)c4n3)cc2)C1. The molecular weight excluding hydrogens is 479 g/mol. The summed E-state index contributed by atoms with van der Waals surface area (Å²) in [7, 11) is 1.37. The number of rotatable bonds is 6. The maximum Gasteiger partial charge on any atom is 0.497 e. The third-order valence-corrected chi connectivity index (χ3v) is 6.17. The van der Waals surface area contributed by atoms with Crippen LogP contribution in [0.2, 0.25) is 0 Å². The Bertz CT molecular complexity index is 1310. The van der Waals surface area contributed by atoms with Crippen LogP contribution in [0.5, 0.6) is 0 Å². The van der Waals surface area contributed by atoms with Crippen LogP contribution in [0.4, 0.5) is 13.2 Å². The number of amides is 2. The smallest absolute Gasteiger partial charge is 0.366 e. The van der Waals surface area contributed by atoms with E-state index < -0.39 is 28.6 Å². The molecule has 0 aliphatic carbocycles. The van der Waals surface area contributed by atoms with Gasteiger partial charge in [0.2, 0.25) is 5.91 Å². The minimum Gasteiger partial charge on any atom is -0.366 e. The van der Waals surface area contributed by atoms with Crippen LogP contribution in [0.25, 0.3) is 16.6 Å². The molecule has 9 nitrogen and oxygen atoms in total. The van der Waals surface area contributed by atoms with Gasteiger partial charge in [-0.3, -0.25) is 14.4 Å². The van der Waals surface area contributed by atoms with Crippen LogP contribution in [0.1, 0.15) is 28.8 Å². The van der Waals surface area contributed by atoms with Gasteiger partial charge in [-0.25, -0.2) is 9.48 Å². The summed E-state index contributed by atoms with van der Waals surface area (Å²) in [6.07, 6.45) is -2.37. The van der Waals surface area contributed by atoms with E-state index in [-0.39, 0.29) is 25.5 Å². The Morgan fingerprint density at radius 1 is 1.19 bits per heavy atom. The Kier molecular flexibility index (Phi) is 6.72. The zero-order valence-electron chi connectivity index (χ0n) is 19.4. The summed E-state index contributed by atoms with van der Waals surface area (Å²) in [4.78, 5) is 40.2. The summed E-state index contributed by atoms with van der Waals surface area (Å²) in [6, 6.07) is 12.4. The molecule has 190 valence electrons. The molecule has 0 spiro atoms. The van der Waals surface area contributed by atoms with E-state index in [0.29, 0.717) is 23.9 Å². The van der Waals surface area contributed by atoms with Gasteiger partial charge in [-0.15, -0.1) is 4.65 Å². The molecule has 0 saturated carbocycles. The number of aromatic nitrogens is 2. The second-order valence-electron chi connectivity index (χ2n) is 8.98. The van der Waals surface area contributed by atoms with E-state index in [0.717, 1.165) is 16.6 Å². The van der Waals surface area contributed by atoms with Crippen molar-refractivity contribution < 1.29 is 37.0 Å². The van der Waals surface area contributed by atoms with Gasteiger partial charge in [-0.2, -0.15) is 18.3 Å². The molecule has 1 fully saturated rings. The zero-order valence-corrected chi connectivity index (χ0v) is 19.4.